The van der Waals surface area contributed by atoms with Crippen LogP contribution in [-0.4, -0.2) is 34.4 Å². The van der Waals surface area contributed by atoms with E-state index in [-0.39, 0.29) is 27.9 Å². The van der Waals surface area contributed by atoms with Crippen molar-refractivity contribution in [2.75, 3.05) is 11.5 Å². The molecule has 0 aliphatic carbocycles. The summed E-state index contributed by atoms with van der Waals surface area (Å²) in [5.74, 6) is -1.72. The van der Waals surface area contributed by atoms with Crippen molar-refractivity contribution in [3.8, 4) is 0 Å². The van der Waals surface area contributed by atoms with Crippen LogP contribution in [0.5, 0.6) is 0 Å². The summed E-state index contributed by atoms with van der Waals surface area (Å²) in [6.45, 7) is 7.15. The zero-order chi connectivity index (χ0) is 23.9. The molecule has 8 nitrogen and oxygen atoms in total. The van der Waals surface area contributed by atoms with Gasteiger partial charge in [0.05, 0.1) is 17.9 Å². The summed E-state index contributed by atoms with van der Waals surface area (Å²) in [7, 11) is 0. The first-order valence-electron chi connectivity index (χ1n) is 10.3. The standard InChI is InChI=1S/C24H22N2O6S/c1-5-31-23(30)21-14(4)25-24(33-21)26-18(16-11-8-13(3)32-16)17(20(28)22(26)29)19(27)15-9-6-12(2)7-10-15/h6-11,18,27H,5H2,1-4H3. The predicted molar refractivity (Wildman–Crippen MR) is 122 cm³/mol. The van der Waals surface area contributed by atoms with Gasteiger partial charge in [0.15, 0.2) is 5.13 Å². The highest BCUT2D eigenvalue weighted by molar-refractivity contribution is 7.17. The molecule has 1 amide bonds. The van der Waals surface area contributed by atoms with Crippen molar-refractivity contribution in [3.63, 3.8) is 0 Å². The second kappa shape index (κ2) is 8.67. The fraction of sp³-hybridized carbons (Fsp3) is 0.250. The lowest BCUT2D eigenvalue weighted by Crippen LogP contribution is -2.29. The van der Waals surface area contributed by atoms with Crippen molar-refractivity contribution in [2.45, 2.75) is 33.7 Å². The first-order chi connectivity index (χ1) is 15.7. The van der Waals surface area contributed by atoms with Crippen molar-refractivity contribution in [1.82, 2.24) is 4.98 Å². The van der Waals surface area contributed by atoms with Crippen LogP contribution < -0.4 is 4.90 Å². The van der Waals surface area contributed by atoms with Crippen LogP contribution in [0.3, 0.4) is 0 Å². The molecular weight excluding hydrogens is 444 g/mol. The molecule has 1 unspecified atom stereocenters. The molecule has 0 radical (unpaired) electrons. The number of thiazole rings is 1. The summed E-state index contributed by atoms with van der Waals surface area (Å²) < 4.78 is 10.8. The predicted octanol–water partition coefficient (Wildman–Crippen LogP) is 4.46. The molecular formula is C24H22N2O6S. The minimum Gasteiger partial charge on any atom is -0.507 e. The molecule has 0 saturated carbocycles. The third-order valence-electron chi connectivity index (χ3n) is 5.25. The average molecular weight is 467 g/mol. The summed E-state index contributed by atoms with van der Waals surface area (Å²) in [6, 6.07) is 9.26. The summed E-state index contributed by atoms with van der Waals surface area (Å²) in [5, 5.41) is 11.2. The lowest BCUT2D eigenvalue weighted by Gasteiger charge is -2.20. The van der Waals surface area contributed by atoms with Crippen molar-refractivity contribution in [3.05, 3.63) is 75.2 Å². The van der Waals surface area contributed by atoms with Crippen LogP contribution in [-0.2, 0) is 14.3 Å². The Labute approximate surface area is 194 Å². The maximum atomic E-state index is 13.2. The number of ketones is 1. The largest absolute Gasteiger partial charge is 0.507 e. The first kappa shape index (κ1) is 22.5. The molecule has 1 saturated heterocycles. The number of aliphatic hydroxyl groups is 1. The minimum atomic E-state index is -1.04. The van der Waals surface area contributed by atoms with Crippen molar-refractivity contribution < 1.29 is 28.6 Å². The number of nitrogens with zero attached hydrogens (tertiary/aromatic N) is 2. The number of esters is 1. The van der Waals surface area contributed by atoms with E-state index in [1.165, 1.54) is 4.90 Å². The maximum Gasteiger partial charge on any atom is 0.350 e. The van der Waals surface area contributed by atoms with Crippen LogP contribution in [0.2, 0.25) is 0 Å². The topological polar surface area (TPSA) is 110 Å². The van der Waals surface area contributed by atoms with E-state index in [0.717, 1.165) is 16.9 Å². The number of carbonyl (C=O) groups excluding carboxylic acids is 3. The van der Waals surface area contributed by atoms with Gasteiger partial charge in [-0.1, -0.05) is 41.2 Å². The number of ether oxygens (including phenoxy) is 1. The van der Waals surface area contributed by atoms with Crippen LogP contribution in [0.1, 0.15) is 51.0 Å². The number of aromatic nitrogens is 1. The number of hydrogen-bond donors (Lipinski definition) is 1. The molecule has 9 heteroatoms. The van der Waals surface area contributed by atoms with Crippen LogP contribution in [0, 0.1) is 20.8 Å². The Kier molecular flexibility index (Phi) is 5.90. The lowest BCUT2D eigenvalue weighted by molar-refractivity contribution is -0.132. The molecule has 3 aromatic rings. The molecule has 33 heavy (non-hydrogen) atoms. The van der Waals surface area contributed by atoms with E-state index in [0.29, 0.717) is 22.8 Å². The zero-order valence-corrected chi connectivity index (χ0v) is 19.4. The Morgan fingerprint density at radius 2 is 1.85 bits per heavy atom. The molecule has 1 N–H and O–H groups in total. The molecule has 1 atom stereocenters. The first-order valence-corrected chi connectivity index (χ1v) is 11.1. The van der Waals surface area contributed by atoms with Gasteiger partial charge in [0.2, 0.25) is 0 Å². The number of Topliss-reactive ketones (excluding diaryl/α,β-unsaturated/α-hetero) is 1. The van der Waals surface area contributed by atoms with E-state index < -0.39 is 23.7 Å². The van der Waals surface area contributed by atoms with E-state index in [1.807, 2.05) is 6.92 Å². The molecule has 1 fully saturated rings. The van der Waals surface area contributed by atoms with E-state index in [2.05, 4.69) is 4.98 Å². The number of aryl methyl sites for hydroxylation is 3. The molecule has 1 aromatic carbocycles. The van der Waals surface area contributed by atoms with Gasteiger partial charge < -0.3 is 14.3 Å². The van der Waals surface area contributed by atoms with Crippen LogP contribution in [0.25, 0.3) is 5.76 Å². The second-order valence-corrected chi connectivity index (χ2v) is 8.59. The SMILES string of the molecule is CCOC(=O)c1sc(N2C(=O)C(=O)C(=C(O)c3ccc(C)cc3)C2c2ccc(C)o2)nc1C. The van der Waals surface area contributed by atoms with Gasteiger partial charge in [0.1, 0.15) is 28.2 Å². The van der Waals surface area contributed by atoms with Crippen molar-refractivity contribution in [1.29, 1.82) is 0 Å². The number of rotatable bonds is 5. The Bertz CT molecular complexity index is 1280. The van der Waals surface area contributed by atoms with Gasteiger partial charge >= 0.3 is 11.9 Å². The highest BCUT2D eigenvalue weighted by atomic mass is 32.1. The number of benzene rings is 1. The number of anilines is 1. The quantitative estimate of drug-likeness (QED) is 0.256. The molecule has 3 heterocycles. The van der Waals surface area contributed by atoms with Crippen LogP contribution in [0.15, 0.2) is 46.4 Å². The van der Waals surface area contributed by atoms with Gasteiger partial charge in [-0.2, -0.15) is 0 Å². The molecule has 1 aliphatic heterocycles. The van der Waals surface area contributed by atoms with Gasteiger partial charge in [0.25, 0.3) is 5.78 Å². The third-order valence-corrected chi connectivity index (χ3v) is 6.39. The highest BCUT2D eigenvalue weighted by Gasteiger charge is 2.49. The molecule has 0 spiro atoms. The smallest absolute Gasteiger partial charge is 0.350 e. The molecule has 1 aliphatic rings. The summed E-state index contributed by atoms with van der Waals surface area (Å²) >= 11 is 0.949. The number of amides is 1. The second-order valence-electron chi connectivity index (χ2n) is 7.61. The lowest BCUT2D eigenvalue weighted by atomic mass is 9.99. The maximum absolute atomic E-state index is 13.2. The summed E-state index contributed by atoms with van der Waals surface area (Å²) in [6.07, 6.45) is 0. The molecule has 2 aromatic heterocycles. The van der Waals surface area contributed by atoms with E-state index in [1.54, 1.807) is 57.2 Å². The molecule has 0 bridgehead atoms. The normalized spacial score (nSPS) is 17.6. The Balaban J connectivity index is 1.89. The van der Waals surface area contributed by atoms with Crippen molar-refractivity contribution in [2.24, 2.45) is 0 Å². The summed E-state index contributed by atoms with van der Waals surface area (Å²) in [4.78, 5) is 44.3. The zero-order valence-electron chi connectivity index (χ0n) is 18.5. The fourth-order valence-electron chi connectivity index (χ4n) is 3.64. The van der Waals surface area contributed by atoms with Crippen molar-refractivity contribution >= 4 is 39.9 Å². The Morgan fingerprint density at radius 1 is 1.15 bits per heavy atom. The number of furan rings is 1. The Morgan fingerprint density at radius 3 is 2.45 bits per heavy atom. The average Bonchev–Trinajstić information content (AvgIpc) is 3.44. The monoisotopic (exact) mass is 466 g/mol. The van der Waals surface area contributed by atoms with E-state index in [4.69, 9.17) is 9.15 Å². The number of hydrogen-bond acceptors (Lipinski definition) is 8. The van der Waals surface area contributed by atoms with E-state index >= 15 is 0 Å². The number of aliphatic hydroxyl groups excluding tert-OH is 1. The van der Waals surface area contributed by atoms with Gasteiger partial charge in [-0.25, -0.2) is 9.78 Å². The van der Waals surface area contributed by atoms with Gasteiger partial charge in [-0.3, -0.25) is 14.5 Å². The number of carbonyl (C=O) groups is 3. The fourth-order valence-corrected chi connectivity index (χ4v) is 4.62. The molecule has 4 rings (SSSR count). The highest BCUT2D eigenvalue weighted by Crippen LogP contribution is 2.44. The Hall–Kier alpha value is -3.72. The van der Waals surface area contributed by atoms with Gasteiger partial charge in [-0.05, 0) is 39.8 Å². The van der Waals surface area contributed by atoms with Crippen LogP contribution >= 0.6 is 11.3 Å². The van der Waals surface area contributed by atoms with Gasteiger partial charge in [0, 0.05) is 5.56 Å². The van der Waals surface area contributed by atoms with E-state index in [9.17, 15) is 19.5 Å². The van der Waals surface area contributed by atoms with Gasteiger partial charge in [-0.15, -0.1) is 0 Å². The van der Waals surface area contributed by atoms with Crippen LogP contribution in [0.4, 0.5) is 5.13 Å². The third kappa shape index (κ3) is 3.95. The minimum absolute atomic E-state index is 0.108. The molecule has 170 valence electrons. The summed E-state index contributed by atoms with van der Waals surface area (Å²) in [5.41, 5.74) is 1.65.